The zero-order valence-corrected chi connectivity index (χ0v) is 12.6. The van der Waals surface area contributed by atoms with E-state index in [4.69, 9.17) is 5.26 Å². The summed E-state index contributed by atoms with van der Waals surface area (Å²) in [5, 5.41) is 12.6. The van der Waals surface area contributed by atoms with Gasteiger partial charge in [-0.1, -0.05) is 46.3 Å². The number of nitriles is 1. The molecule has 3 heteroatoms. The van der Waals surface area contributed by atoms with Gasteiger partial charge in [0.2, 0.25) is 0 Å². The average molecular weight is 327 g/mol. The van der Waals surface area contributed by atoms with Crippen molar-refractivity contribution in [3.8, 4) is 6.07 Å². The highest BCUT2D eigenvalue weighted by atomic mass is 79.9. The first kappa shape index (κ1) is 13.2. The first-order valence-corrected chi connectivity index (χ1v) is 7.56. The molecule has 100 valence electrons. The summed E-state index contributed by atoms with van der Waals surface area (Å²) in [6.07, 6.45) is 2.26. The summed E-state index contributed by atoms with van der Waals surface area (Å²) in [4.78, 5) is 0. The maximum Gasteiger partial charge on any atom is 0.101 e. The van der Waals surface area contributed by atoms with Crippen LogP contribution in [0.5, 0.6) is 0 Å². The highest BCUT2D eigenvalue weighted by Gasteiger charge is 2.30. The van der Waals surface area contributed by atoms with Crippen LogP contribution in [0.3, 0.4) is 0 Å². The second-order valence-electron chi connectivity index (χ2n) is 5.22. The van der Waals surface area contributed by atoms with E-state index in [1.807, 2.05) is 18.2 Å². The smallest absolute Gasteiger partial charge is 0.101 e. The summed E-state index contributed by atoms with van der Waals surface area (Å²) < 4.78 is 0.940. The zero-order valence-electron chi connectivity index (χ0n) is 11.0. The molecule has 20 heavy (non-hydrogen) atoms. The molecule has 0 aliphatic heterocycles. The van der Waals surface area contributed by atoms with Crippen LogP contribution in [0.1, 0.15) is 29.9 Å². The molecule has 3 rings (SSSR count). The molecule has 0 bridgehead atoms. The van der Waals surface area contributed by atoms with Gasteiger partial charge in [0.25, 0.3) is 0 Å². The minimum Gasteiger partial charge on any atom is -0.381 e. The maximum atomic E-state index is 9.17. The van der Waals surface area contributed by atoms with Gasteiger partial charge >= 0.3 is 0 Å². The molecule has 0 amide bonds. The average Bonchev–Trinajstić information content (AvgIpc) is 2.44. The van der Waals surface area contributed by atoms with Crippen molar-refractivity contribution in [1.82, 2.24) is 0 Å². The Bertz CT molecular complexity index is 640. The number of benzene rings is 2. The fourth-order valence-corrected chi connectivity index (χ4v) is 3.05. The first-order chi connectivity index (χ1) is 9.76. The van der Waals surface area contributed by atoms with Gasteiger partial charge in [-0.2, -0.15) is 5.26 Å². The van der Waals surface area contributed by atoms with Crippen LogP contribution in [-0.4, -0.2) is 6.04 Å². The van der Waals surface area contributed by atoms with Gasteiger partial charge in [-0.3, -0.25) is 0 Å². The second kappa shape index (κ2) is 5.68. The third-order valence-corrected chi connectivity index (χ3v) is 4.36. The Morgan fingerprint density at radius 1 is 1.10 bits per heavy atom. The van der Waals surface area contributed by atoms with E-state index in [-0.39, 0.29) is 0 Å². The van der Waals surface area contributed by atoms with Gasteiger partial charge in [0.15, 0.2) is 0 Å². The molecule has 1 aliphatic carbocycles. The lowest BCUT2D eigenvalue weighted by atomic mass is 9.76. The molecular weight excluding hydrogens is 312 g/mol. The summed E-state index contributed by atoms with van der Waals surface area (Å²) in [5.41, 5.74) is 3.05. The lowest BCUT2D eigenvalue weighted by Crippen LogP contribution is -2.34. The molecule has 0 atom stereocenters. The van der Waals surface area contributed by atoms with Crippen molar-refractivity contribution < 1.29 is 0 Å². The predicted molar refractivity (Wildman–Crippen MR) is 84.7 cm³/mol. The second-order valence-corrected chi connectivity index (χ2v) is 6.14. The van der Waals surface area contributed by atoms with Gasteiger partial charge in [-0.25, -0.2) is 0 Å². The molecule has 0 heterocycles. The minimum absolute atomic E-state index is 0.466. The fraction of sp³-hybridized carbons (Fsp3) is 0.235. The monoisotopic (exact) mass is 326 g/mol. The van der Waals surface area contributed by atoms with E-state index in [1.54, 1.807) is 0 Å². The highest BCUT2D eigenvalue weighted by Crippen LogP contribution is 2.38. The Labute approximate surface area is 127 Å². The molecule has 2 aromatic rings. The normalized spacial score (nSPS) is 20.8. The van der Waals surface area contributed by atoms with Crippen molar-refractivity contribution in [1.29, 1.82) is 5.26 Å². The van der Waals surface area contributed by atoms with Gasteiger partial charge < -0.3 is 5.32 Å². The molecule has 1 saturated carbocycles. The molecular formula is C17H15BrN2. The topological polar surface area (TPSA) is 35.8 Å². The Balaban J connectivity index is 1.63. The first-order valence-electron chi connectivity index (χ1n) is 6.77. The molecule has 1 N–H and O–H groups in total. The van der Waals surface area contributed by atoms with Gasteiger partial charge in [-0.15, -0.1) is 0 Å². The van der Waals surface area contributed by atoms with Gasteiger partial charge in [-0.05, 0) is 42.5 Å². The van der Waals surface area contributed by atoms with Gasteiger partial charge in [0.1, 0.15) is 6.07 Å². The Morgan fingerprint density at radius 3 is 2.55 bits per heavy atom. The van der Waals surface area contributed by atoms with E-state index in [2.05, 4.69) is 57.6 Å². The fourth-order valence-electron chi connectivity index (χ4n) is 2.69. The number of hydrogen-bond donors (Lipinski definition) is 1. The van der Waals surface area contributed by atoms with Crippen LogP contribution in [-0.2, 0) is 0 Å². The lowest BCUT2D eigenvalue weighted by Gasteiger charge is -2.37. The van der Waals surface area contributed by atoms with Crippen LogP contribution in [0.4, 0.5) is 5.69 Å². The number of rotatable bonds is 3. The summed E-state index contributed by atoms with van der Waals surface area (Å²) >= 11 is 3.40. The van der Waals surface area contributed by atoms with Crippen LogP contribution in [0.15, 0.2) is 53.0 Å². The summed E-state index contributed by atoms with van der Waals surface area (Å²) in [7, 11) is 0. The molecule has 0 unspecified atom stereocenters. The standard InChI is InChI=1S/C17H15BrN2/c18-15-6-7-17(14(8-15)11-19)20-16-9-13(10-16)12-4-2-1-3-5-12/h1-8,13,16,20H,9-10H2. The van der Waals surface area contributed by atoms with E-state index in [0.717, 1.165) is 23.0 Å². The number of hydrogen-bond acceptors (Lipinski definition) is 2. The molecule has 1 fully saturated rings. The van der Waals surface area contributed by atoms with Crippen LogP contribution in [0.25, 0.3) is 0 Å². The molecule has 1 aliphatic rings. The third-order valence-electron chi connectivity index (χ3n) is 3.87. The maximum absolute atomic E-state index is 9.17. The Hall–Kier alpha value is -1.79. The minimum atomic E-state index is 0.466. The van der Waals surface area contributed by atoms with Crippen LogP contribution in [0, 0.1) is 11.3 Å². The van der Waals surface area contributed by atoms with E-state index in [0.29, 0.717) is 17.5 Å². The quantitative estimate of drug-likeness (QED) is 0.888. The van der Waals surface area contributed by atoms with E-state index >= 15 is 0 Å². The summed E-state index contributed by atoms with van der Waals surface area (Å²) in [6, 6.07) is 19.1. The Kier molecular flexibility index (Phi) is 3.75. The largest absolute Gasteiger partial charge is 0.381 e. The van der Waals surface area contributed by atoms with Gasteiger partial charge in [0, 0.05) is 10.5 Å². The zero-order chi connectivity index (χ0) is 13.9. The molecule has 2 aromatic carbocycles. The molecule has 2 nitrogen and oxygen atoms in total. The molecule has 0 saturated heterocycles. The van der Waals surface area contributed by atoms with E-state index in [9.17, 15) is 0 Å². The van der Waals surface area contributed by atoms with Crippen molar-refractivity contribution in [3.63, 3.8) is 0 Å². The molecule has 0 aromatic heterocycles. The number of halogens is 1. The number of nitrogens with one attached hydrogen (secondary N) is 1. The molecule has 0 spiro atoms. The SMILES string of the molecule is N#Cc1cc(Br)ccc1NC1CC(c2ccccc2)C1. The van der Waals surface area contributed by atoms with Crippen molar-refractivity contribution in [2.75, 3.05) is 5.32 Å². The van der Waals surface area contributed by atoms with Crippen LogP contribution >= 0.6 is 15.9 Å². The van der Waals surface area contributed by atoms with Crippen molar-refractivity contribution in [3.05, 3.63) is 64.1 Å². The van der Waals surface area contributed by atoms with Crippen molar-refractivity contribution in [2.45, 2.75) is 24.8 Å². The number of anilines is 1. The predicted octanol–water partition coefficient (Wildman–Crippen LogP) is 4.68. The third kappa shape index (κ3) is 2.71. The van der Waals surface area contributed by atoms with Crippen molar-refractivity contribution in [2.24, 2.45) is 0 Å². The number of nitrogens with zero attached hydrogens (tertiary/aromatic N) is 1. The van der Waals surface area contributed by atoms with Gasteiger partial charge in [0.05, 0.1) is 11.3 Å². The Morgan fingerprint density at radius 2 is 1.85 bits per heavy atom. The van der Waals surface area contributed by atoms with E-state index in [1.165, 1.54) is 5.56 Å². The van der Waals surface area contributed by atoms with Crippen molar-refractivity contribution >= 4 is 21.6 Å². The molecule has 0 radical (unpaired) electrons. The van der Waals surface area contributed by atoms with Crippen LogP contribution in [0.2, 0.25) is 0 Å². The lowest BCUT2D eigenvalue weighted by molar-refractivity contribution is 0.374. The van der Waals surface area contributed by atoms with Crippen LogP contribution < -0.4 is 5.32 Å². The summed E-state index contributed by atoms with van der Waals surface area (Å²) in [5.74, 6) is 0.648. The highest BCUT2D eigenvalue weighted by molar-refractivity contribution is 9.10. The summed E-state index contributed by atoms with van der Waals surface area (Å²) in [6.45, 7) is 0. The van der Waals surface area contributed by atoms with E-state index < -0.39 is 0 Å².